The molecule has 4 heteroatoms. The molecule has 86 valence electrons. The summed E-state index contributed by atoms with van der Waals surface area (Å²) in [5.74, 6) is 0.675. The highest BCUT2D eigenvalue weighted by Gasteiger charge is 2.41. The lowest BCUT2D eigenvalue weighted by molar-refractivity contribution is 0.216. The standard InChI is InChI=1S/C11H21N3O/c12-10(14-6-2-1-3-7-14)13-8-11(9-15)4-5-11/h15H,1-9H2,(H2,12,13). The van der Waals surface area contributed by atoms with Gasteiger partial charge in [-0.3, -0.25) is 4.99 Å². The van der Waals surface area contributed by atoms with Crippen molar-refractivity contribution in [2.24, 2.45) is 16.1 Å². The third-order valence-electron chi connectivity index (χ3n) is 3.55. The third-order valence-corrected chi connectivity index (χ3v) is 3.55. The molecule has 1 heterocycles. The van der Waals surface area contributed by atoms with Crippen LogP contribution in [-0.4, -0.2) is 42.2 Å². The molecule has 0 aromatic carbocycles. The van der Waals surface area contributed by atoms with Crippen LogP contribution in [0.4, 0.5) is 0 Å². The fraction of sp³-hybridized carbons (Fsp3) is 0.909. The first kappa shape index (κ1) is 10.7. The number of guanidine groups is 1. The maximum Gasteiger partial charge on any atom is 0.191 e. The average molecular weight is 211 g/mol. The molecule has 2 rings (SSSR count). The van der Waals surface area contributed by atoms with E-state index in [2.05, 4.69) is 9.89 Å². The summed E-state index contributed by atoms with van der Waals surface area (Å²) in [6.45, 7) is 3.04. The van der Waals surface area contributed by atoms with Crippen LogP contribution < -0.4 is 5.73 Å². The molecule has 0 aromatic rings. The van der Waals surface area contributed by atoms with Crippen LogP contribution in [0.25, 0.3) is 0 Å². The number of nitrogens with zero attached hydrogens (tertiary/aromatic N) is 2. The minimum atomic E-state index is 0.0837. The molecular formula is C11H21N3O. The minimum absolute atomic E-state index is 0.0837. The third kappa shape index (κ3) is 2.62. The van der Waals surface area contributed by atoms with Gasteiger partial charge in [-0.1, -0.05) is 0 Å². The molecular weight excluding hydrogens is 190 g/mol. The van der Waals surface area contributed by atoms with E-state index in [-0.39, 0.29) is 12.0 Å². The topological polar surface area (TPSA) is 61.9 Å². The van der Waals surface area contributed by atoms with Crippen LogP contribution >= 0.6 is 0 Å². The summed E-state index contributed by atoms with van der Waals surface area (Å²) in [5, 5.41) is 9.16. The predicted molar refractivity (Wildman–Crippen MR) is 60.7 cm³/mol. The van der Waals surface area contributed by atoms with Crippen LogP contribution in [0.5, 0.6) is 0 Å². The highest BCUT2D eigenvalue weighted by molar-refractivity contribution is 5.78. The van der Waals surface area contributed by atoms with E-state index in [1.54, 1.807) is 0 Å². The van der Waals surface area contributed by atoms with Crippen LogP contribution in [0, 0.1) is 5.41 Å². The number of aliphatic hydroxyl groups is 1. The Morgan fingerprint density at radius 3 is 2.47 bits per heavy atom. The van der Waals surface area contributed by atoms with Crippen molar-refractivity contribution in [1.82, 2.24) is 4.90 Å². The summed E-state index contributed by atoms with van der Waals surface area (Å²) in [6.07, 6.45) is 5.95. The van der Waals surface area contributed by atoms with Gasteiger partial charge >= 0.3 is 0 Å². The van der Waals surface area contributed by atoms with Crippen molar-refractivity contribution in [2.45, 2.75) is 32.1 Å². The van der Waals surface area contributed by atoms with E-state index in [4.69, 9.17) is 10.8 Å². The van der Waals surface area contributed by atoms with Gasteiger partial charge in [-0.15, -0.1) is 0 Å². The molecule has 3 N–H and O–H groups in total. The lowest BCUT2D eigenvalue weighted by atomic mass is 10.1. The lowest BCUT2D eigenvalue weighted by Crippen LogP contribution is -2.41. The van der Waals surface area contributed by atoms with E-state index in [0.717, 1.165) is 25.9 Å². The molecule has 0 bridgehead atoms. The lowest BCUT2D eigenvalue weighted by Gasteiger charge is -2.27. The van der Waals surface area contributed by atoms with Gasteiger partial charge < -0.3 is 15.7 Å². The van der Waals surface area contributed by atoms with E-state index < -0.39 is 0 Å². The highest BCUT2D eigenvalue weighted by Crippen LogP contribution is 2.45. The Bertz CT molecular complexity index is 242. The zero-order chi connectivity index (χ0) is 10.7. The first-order valence-electron chi connectivity index (χ1n) is 5.92. The number of aliphatic hydroxyl groups excluding tert-OH is 1. The van der Waals surface area contributed by atoms with E-state index in [1.807, 2.05) is 0 Å². The summed E-state index contributed by atoms with van der Waals surface area (Å²) in [4.78, 5) is 6.58. The Kier molecular flexibility index (Phi) is 3.14. The number of aliphatic imine (C=N–C) groups is 1. The van der Waals surface area contributed by atoms with E-state index in [9.17, 15) is 0 Å². The summed E-state index contributed by atoms with van der Waals surface area (Å²) >= 11 is 0. The fourth-order valence-electron chi connectivity index (χ4n) is 2.01. The van der Waals surface area contributed by atoms with Crippen LogP contribution in [0.15, 0.2) is 4.99 Å². The maximum atomic E-state index is 9.16. The maximum absolute atomic E-state index is 9.16. The molecule has 15 heavy (non-hydrogen) atoms. The number of rotatable bonds is 3. The molecule has 0 amide bonds. The van der Waals surface area contributed by atoms with Crippen molar-refractivity contribution in [3.8, 4) is 0 Å². The molecule has 1 saturated heterocycles. The van der Waals surface area contributed by atoms with Crippen molar-refractivity contribution >= 4 is 5.96 Å². The van der Waals surface area contributed by atoms with E-state index in [0.29, 0.717) is 12.5 Å². The molecule has 0 spiro atoms. The van der Waals surface area contributed by atoms with Crippen LogP contribution in [-0.2, 0) is 0 Å². The Hall–Kier alpha value is -0.770. The molecule has 0 atom stereocenters. The SMILES string of the molecule is NC(=NCC1(CO)CC1)N1CCCCC1. The first-order chi connectivity index (χ1) is 7.26. The van der Waals surface area contributed by atoms with E-state index >= 15 is 0 Å². The smallest absolute Gasteiger partial charge is 0.191 e. The molecule has 2 aliphatic rings. The van der Waals surface area contributed by atoms with Crippen LogP contribution in [0.1, 0.15) is 32.1 Å². The van der Waals surface area contributed by atoms with Crippen molar-refractivity contribution in [2.75, 3.05) is 26.2 Å². The van der Waals surface area contributed by atoms with Gasteiger partial charge in [0.15, 0.2) is 5.96 Å². The molecule has 1 saturated carbocycles. The van der Waals surface area contributed by atoms with Crippen molar-refractivity contribution in [3.05, 3.63) is 0 Å². The van der Waals surface area contributed by atoms with Gasteiger partial charge in [0.2, 0.25) is 0 Å². The van der Waals surface area contributed by atoms with Crippen LogP contribution in [0.3, 0.4) is 0 Å². The van der Waals surface area contributed by atoms with Gasteiger partial charge in [-0.05, 0) is 32.1 Å². The monoisotopic (exact) mass is 211 g/mol. The molecule has 1 aliphatic carbocycles. The summed E-state index contributed by atoms with van der Waals surface area (Å²) < 4.78 is 0. The van der Waals surface area contributed by atoms with Crippen molar-refractivity contribution in [1.29, 1.82) is 0 Å². The van der Waals surface area contributed by atoms with Gasteiger partial charge in [0.05, 0.1) is 13.2 Å². The average Bonchev–Trinajstić information content (AvgIpc) is 3.08. The molecule has 4 nitrogen and oxygen atoms in total. The Labute approximate surface area is 91.2 Å². The largest absolute Gasteiger partial charge is 0.396 e. The number of nitrogens with two attached hydrogens (primary N) is 1. The molecule has 0 radical (unpaired) electrons. The number of hydrogen-bond acceptors (Lipinski definition) is 2. The minimum Gasteiger partial charge on any atom is -0.396 e. The Morgan fingerprint density at radius 2 is 1.93 bits per heavy atom. The summed E-state index contributed by atoms with van der Waals surface area (Å²) in [7, 11) is 0. The predicted octanol–water partition coefficient (Wildman–Crippen LogP) is 0.559. The van der Waals surface area contributed by atoms with Gasteiger partial charge in [0.25, 0.3) is 0 Å². The molecule has 1 aliphatic heterocycles. The zero-order valence-corrected chi connectivity index (χ0v) is 9.28. The van der Waals surface area contributed by atoms with Crippen LogP contribution in [0.2, 0.25) is 0 Å². The Morgan fingerprint density at radius 1 is 1.27 bits per heavy atom. The highest BCUT2D eigenvalue weighted by atomic mass is 16.3. The summed E-state index contributed by atoms with van der Waals surface area (Å²) in [6, 6.07) is 0. The number of hydrogen-bond donors (Lipinski definition) is 2. The van der Waals surface area contributed by atoms with Gasteiger partial charge in [-0.25, -0.2) is 0 Å². The van der Waals surface area contributed by atoms with Gasteiger partial charge in [-0.2, -0.15) is 0 Å². The second-order valence-corrected chi connectivity index (χ2v) is 4.88. The van der Waals surface area contributed by atoms with Crippen molar-refractivity contribution in [3.63, 3.8) is 0 Å². The van der Waals surface area contributed by atoms with Gasteiger partial charge in [0, 0.05) is 18.5 Å². The van der Waals surface area contributed by atoms with E-state index in [1.165, 1.54) is 19.3 Å². The second kappa shape index (κ2) is 4.39. The number of likely N-dealkylation sites (tertiary alicyclic amines) is 1. The quantitative estimate of drug-likeness (QED) is 0.529. The normalized spacial score (nSPS) is 25.4. The molecule has 0 aromatic heterocycles. The first-order valence-corrected chi connectivity index (χ1v) is 5.92. The fourth-order valence-corrected chi connectivity index (χ4v) is 2.01. The zero-order valence-electron chi connectivity index (χ0n) is 9.28. The molecule has 2 fully saturated rings. The van der Waals surface area contributed by atoms with Crippen molar-refractivity contribution < 1.29 is 5.11 Å². The Balaban J connectivity index is 1.83. The van der Waals surface area contributed by atoms with Gasteiger partial charge in [0.1, 0.15) is 0 Å². The molecule has 0 unspecified atom stereocenters. The summed E-state index contributed by atoms with van der Waals surface area (Å²) in [5.41, 5.74) is 6.02. The second-order valence-electron chi connectivity index (χ2n) is 4.88. The number of piperidine rings is 1.